The van der Waals surface area contributed by atoms with Crippen LogP contribution in [0.15, 0.2) is 66.7 Å². The molecule has 8 nitrogen and oxygen atoms in total. The lowest BCUT2D eigenvalue weighted by molar-refractivity contribution is -0.114. The number of fused-ring (bicyclic) bond motifs is 3. The second-order valence-corrected chi connectivity index (χ2v) is 10.5. The average Bonchev–Trinajstić information content (AvgIpc) is 3.14. The van der Waals surface area contributed by atoms with Crippen LogP contribution in [0.5, 0.6) is 0 Å². The minimum atomic E-state index is -3.74. The predicted octanol–water partition coefficient (Wildman–Crippen LogP) is 3.92. The van der Waals surface area contributed by atoms with Gasteiger partial charge in [-0.1, -0.05) is 18.2 Å². The standard InChI is InChI=1S/C26H28N4O4S/c1-5-29-23-9-7-6-8-21(23)22-16-19(12-15-24(22)29)27-25(31)17-30(35(4,33)34)20-13-10-18(11-14-20)26(32)28(2)3/h6-16H,5,17H2,1-4H3,(H,27,31). The quantitative estimate of drug-likeness (QED) is 0.423. The zero-order valence-corrected chi connectivity index (χ0v) is 21.0. The van der Waals surface area contributed by atoms with Crippen molar-refractivity contribution in [3.8, 4) is 0 Å². The molecule has 0 aliphatic heterocycles. The lowest BCUT2D eigenvalue weighted by Crippen LogP contribution is -2.37. The number of carbonyl (C=O) groups excluding carboxylic acids is 2. The number of sulfonamides is 1. The van der Waals surface area contributed by atoms with Gasteiger partial charge in [0.05, 0.1) is 11.9 Å². The molecule has 0 aliphatic carbocycles. The number of aromatic nitrogens is 1. The van der Waals surface area contributed by atoms with Crippen LogP contribution in [0.4, 0.5) is 11.4 Å². The molecule has 4 aromatic rings. The van der Waals surface area contributed by atoms with Gasteiger partial charge < -0.3 is 14.8 Å². The number of nitrogens with one attached hydrogen (secondary N) is 1. The molecule has 35 heavy (non-hydrogen) atoms. The Morgan fingerprint density at radius 3 is 2.20 bits per heavy atom. The Labute approximate surface area is 204 Å². The number of para-hydroxylation sites is 1. The normalized spacial score (nSPS) is 11.5. The summed E-state index contributed by atoms with van der Waals surface area (Å²) in [6.07, 6.45) is 1.05. The van der Waals surface area contributed by atoms with Crippen molar-refractivity contribution >= 4 is 55.0 Å². The number of anilines is 2. The van der Waals surface area contributed by atoms with Crippen LogP contribution in [0.3, 0.4) is 0 Å². The third-order valence-corrected chi connectivity index (χ3v) is 7.01. The molecule has 182 valence electrons. The van der Waals surface area contributed by atoms with E-state index in [4.69, 9.17) is 0 Å². The second-order valence-electron chi connectivity index (χ2n) is 8.56. The summed E-state index contributed by atoms with van der Waals surface area (Å²) in [5.74, 6) is -0.664. The molecule has 4 rings (SSSR count). The zero-order valence-electron chi connectivity index (χ0n) is 20.1. The third-order valence-electron chi connectivity index (χ3n) is 5.87. The van der Waals surface area contributed by atoms with Gasteiger partial charge in [-0.3, -0.25) is 13.9 Å². The van der Waals surface area contributed by atoms with Gasteiger partial charge in [0.25, 0.3) is 5.91 Å². The lowest BCUT2D eigenvalue weighted by atomic mass is 10.1. The SMILES string of the molecule is CCn1c2ccccc2c2cc(NC(=O)CN(c3ccc(C(=O)N(C)C)cc3)S(C)(=O)=O)ccc21. The minimum absolute atomic E-state index is 0.194. The van der Waals surface area contributed by atoms with Crippen molar-refractivity contribution in [3.63, 3.8) is 0 Å². The molecule has 1 aromatic heterocycles. The van der Waals surface area contributed by atoms with Crippen LogP contribution in [-0.2, 0) is 21.4 Å². The molecular weight excluding hydrogens is 464 g/mol. The summed E-state index contributed by atoms with van der Waals surface area (Å²) < 4.78 is 28.2. The van der Waals surface area contributed by atoms with E-state index in [1.54, 1.807) is 26.2 Å². The molecule has 0 unspecified atom stereocenters. The van der Waals surface area contributed by atoms with Crippen molar-refractivity contribution in [2.75, 3.05) is 36.5 Å². The van der Waals surface area contributed by atoms with E-state index >= 15 is 0 Å². The first-order valence-electron chi connectivity index (χ1n) is 11.2. The molecule has 0 spiro atoms. The van der Waals surface area contributed by atoms with E-state index in [1.807, 2.05) is 36.4 Å². The minimum Gasteiger partial charge on any atom is -0.345 e. The number of rotatable bonds is 7. The largest absolute Gasteiger partial charge is 0.345 e. The highest BCUT2D eigenvalue weighted by atomic mass is 32.2. The maximum Gasteiger partial charge on any atom is 0.253 e. The molecule has 0 aliphatic rings. The molecule has 1 N–H and O–H groups in total. The summed E-state index contributed by atoms with van der Waals surface area (Å²) in [5, 5.41) is 4.93. The lowest BCUT2D eigenvalue weighted by Gasteiger charge is -2.22. The highest BCUT2D eigenvalue weighted by molar-refractivity contribution is 7.92. The van der Waals surface area contributed by atoms with E-state index < -0.39 is 22.5 Å². The van der Waals surface area contributed by atoms with E-state index in [2.05, 4.69) is 22.9 Å². The maximum atomic E-state index is 12.9. The molecule has 0 radical (unpaired) electrons. The van der Waals surface area contributed by atoms with Gasteiger partial charge in [0, 0.05) is 53.7 Å². The summed E-state index contributed by atoms with van der Waals surface area (Å²) in [6.45, 7) is 2.51. The Balaban J connectivity index is 1.59. The fourth-order valence-electron chi connectivity index (χ4n) is 4.23. The smallest absolute Gasteiger partial charge is 0.253 e. The van der Waals surface area contributed by atoms with Crippen molar-refractivity contribution in [1.29, 1.82) is 0 Å². The highest BCUT2D eigenvalue weighted by Crippen LogP contribution is 2.31. The summed E-state index contributed by atoms with van der Waals surface area (Å²) in [7, 11) is -0.465. The van der Waals surface area contributed by atoms with Crippen molar-refractivity contribution in [1.82, 2.24) is 9.47 Å². The summed E-state index contributed by atoms with van der Waals surface area (Å²) in [4.78, 5) is 26.4. The van der Waals surface area contributed by atoms with E-state index in [1.165, 1.54) is 17.0 Å². The first kappa shape index (κ1) is 24.3. The molecule has 9 heteroatoms. The molecular formula is C26H28N4O4S. The Hall–Kier alpha value is -3.85. The van der Waals surface area contributed by atoms with Crippen molar-refractivity contribution in [2.24, 2.45) is 0 Å². The molecule has 0 saturated carbocycles. The van der Waals surface area contributed by atoms with Crippen molar-refractivity contribution in [2.45, 2.75) is 13.5 Å². The summed E-state index contributed by atoms with van der Waals surface area (Å²) in [6, 6.07) is 19.9. The highest BCUT2D eigenvalue weighted by Gasteiger charge is 2.22. The Morgan fingerprint density at radius 2 is 1.57 bits per heavy atom. The monoisotopic (exact) mass is 492 g/mol. The fraction of sp³-hybridized carbons (Fsp3) is 0.231. The summed E-state index contributed by atoms with van der Waals surface area (Å²) >= 11 is 0. The van der Waals surface area contributed by atoms with Crippen LogP contribution in [0.1, 0.15) is 17.3 Å². The topological polar surface area (TPSA) is 91.7 Å². The first-order chi connectivity index (χ1) is 16.6. The number of hydrogen-bond donors (Lipinski definition) is 1. The van der Waals surface area contributed by atoms with Gasteiger partial charge in [0.1, 0.15) is 6.54 Å². The molecule has 0 atom stereocenters. The number of benzene rings is 3. The Bertz CT molecular complexity index is 1520. The number of aryl methyl sites for hydroxylation is 1. The molecule has 1 heterocycles. The van der Waals surface area contributed by atoms with Crippen molar-refractivity contribution in [3.05, 3.63) is 72.3 Å². The molecule has 0 saturated heterocycles. The zero-order chi connectivity index (χ0) is 25.3. The second kappa shape index (κ2) is 9.42. The third kappa shape index (κ3) is 4.85. The maximum absolute atomic E-state index is 12.9. The first-order valence-corrected chi connectivity index (χ1v) is 13.0. The van der Waals surface area contributed by atoms with Crippen LogP contribution in [0.2, 0.25) is 0 Å². The molecule has 2 amide bonds. The Morgan fingerprint density at radius 1 is 0.914 bits per heavy atom. The van der Waals surface area contributed by atoms with Gasteiger partial charge in [0.2, 0.25) is 15.9 Å². The van der Waals surface area contributed by atoms with Crippen molar-refractivity contribution < 1.29 is 18.0 Å². The van der Waals surface area contributed by atoms with Crippen LogP contribution in [0, 0.1) is 0 Å². The van der Waals surface area contributed by atoms with Gasteiger partial charge in [-0.15, -0.1) is 0 Å². The number of hydrogen-bond acceptors (Lipinski definition) is 4. The van der Waals surface area contributed by atoms with E-state index in [-0.39, 0.29) is 5.91 Å². The fourth-order valence-corrected chi connectivity index (χ4v) is 5.09. The Kier molecular flexibility index (Phi) is 6.53. The number of nitrogens with zero attached hydrogens (tertiary/aromatic N) is 3. The van der Waals surface area contributed by atoms with Gasteiger partial charge in [-0.25, -0.2) is 8.42 Å². The van der Waals surface area contributed by atoms with Gasteiger partial charge in [-0.05, 0) is 55.5 Å². The van der Waals surface area contributed by atoms with Crippen LogP contribution < -0.4 is 9.62 Å². The average molecular weight is 493 g/mol. The van der Waals surface area contributed by atoms with E-state index in [0.717, 1.165) is 38.9 Å². The van der Waals surface area contributed by atoms with Crippen LogP contribution in [0.25, 0.3) is 21.8 Å². The van der Waals surface area contributed by atoms with Gasteiger partial charge in [-0.2, -0.15) is 0 Å². The van der Waals surface area contributed by atoms with Gasteiger partial charge >= 0.3 is 0 Å². The van der Waals surface area contributed by atoms with Crippen LogP contribution >= 0.6 is 0 Å². The number of carbonyl (C=O) groups is 2. The molecule has 3 aromatic carbocycles. The van der Waals surface area contributed by atoms with Gasteiger partial charge in [0.15, 0.2) is 0 Å². The van der Waals surface area contributed by atoms with E-state index in [0.29, 0.717) is 16.9 Å². The number of amides is 2. The predicted molar refractivity (Wildman–Crippen MR) is 140 cm³/mol. The molecule has 0 bridgehead atoms. The van der Waals surface area contributed by atoms with E-state index in [9.17, 15) is 18.0 Å². The molecule has 0 fully saturated rings. The van der Waals surface area contributed by atoms with Crippen LogP contribution in [-0.4, -0.2) is 56.6 Å². The summed E-state index contributed by atoms with van der Waals surface area (Å²) in [5.41, 5.74) is 3.50.